The summed E-state index contributed by atoms with van der Waals surface area (Å²) in [4.78, 5) is 11.4. The molecule has 0 atom stereocenters. The van der Waals surface area contributed by atoms with Crippen LogP contribution in [0.5, 0.6) is 0 Å². The largest absolute Gasteiger partial charge is 0.480 e. The van der Waals surface area contributed by atoms with Crippen LogP contribution in [0, 0.1) is 6.92 Å². The van der Waals surface area contributed by atoms with Crippen LogP contribution < -0.4 is 0 Å². The topological polar surface area (TPSA) is 71.4 Å². The van der Waals surface area contributed by atoms with Crippen molar-refractivity contribution in [3.63, 3.8) is 0 Å². The third-order valence-electron chi connectivity index (χ3n) is 3.60. The van der Waals surface area contributed by atoms with Crippen molar-refractivity contribution in [3.8, 4) is 0 Å². The van der Waals surface area contributed by atoms with Gasteiger partial charge in [0.1, 0.15) is 0 Å². The zero-order chi connectivity index (χ0) is 14.7. The standard InChI is InChI=1S/C14H20O4S/c1-4-14(5-2,13(15)16)19(17,18)10-12-8-6-11(3)7-9-12/h6-9H,4-5,10H2,1-3H3,(H,15,16). The Labute approximate surface area is 114 Å². The van der Waals surface area contributed by atoms with Crippen molar-refractivity contribution in [2.75, 3.05) is 0 Å². The second-order valence-electron chi connectivity index (χ2n) is 4.75. The Morgan fingerprint density at radius 1 is 1.16 bits per heavy atom. The summed E-state index contributed by atoms with van der Waals surface area (Å²) in [6.45, 7) is 5.12. The quantitative estimate of drug-likeness (QED) is 0.871. The third kappa shape index (κ3) is 2.97. The Morgan fingerprint density at radius 2 is 1.63 bits per heavy atom. The minimum Gasteiger partial charge on any atom is -0.480 e. The first kappa shape index (κ1) is 15.7. The monoisotopic (exact) mass is 284 g/mol. The van der Waals surface area contributed by atoms with Gasteiger partial charge in [0.15, 0.2) is 14.6 Å². The van der Waals surface area contributed by atoms with Crippen LogP contribution in [0.15, 0.2) is 24.3 Å². The van der Waals surface area contributed by atoms with Crippen LogP contribution in [0.25, 0.3) is 0 Å². The van der Waals surface area contributed by atoms with Crippen LogP contribution in [0.1, 0.15) is 37.8 Å². The maximum absolute atomic E-state index is 12.4. The Kier molecular flexibility index (Phi) is 4.74. The highest BCUT2D eigenvalue weighted by Crippen LogP contribution is 2.29. The summed E-state index contributed by atoms with van der Waals surface area (Å²) in [6, 6.07) is 7.10. The Bertz CT molecular complexity index is 539. The van der Waals surface area contributed by atoms with E-state index in [-0.39, 0.29) is 18.6 Å². The van der Waals surface area contributed by atoms with Crippen molar-refractivity contribution in [3.05, 3.63) is 35.4 Å². The molecule has 0 saturated heterocycles. The molecule has 0 bridgehead atoms. The van der Waals surface area contributed by atoms with Crippen molar-refractivity contribution in [2.45, 2.75) is 44.1 Å². The molecule has 0 aliphatic rings. The van der Waals surface area contributed by atoms with Gasteiger partial charge in [-0.15, -0.1) is 0 Å². The van der Waals surface area contributed by atoms with Crippen molar-refractivity contribution < 1.29 is 18.3 Å². The lowest BCUT2D eigenvalue weighted by Gasteiger charge is -2.26. The zero-order valence-corrected chi connectivity index (χ0v) is 12.3. The van der Waals surface area contributed by atoms with Crippen molar-refractivity contribution in [2.24, 2.45) is 0 Å². The molecule has 0 saturated carbocycles. The highest BCUT2D eigenvalue weighted by atomic mass is 32.2. The normalized spacial score (nSPS) is 12.4. The molecule has 0 amide bonds. The molecular weight excluding hydrogens is 264 g/mol. The molecule has 0 aliphatic heterocycles. The van der Waals surface area contributed by atoms with Crippen LogP contribution in [-0.2, 0) is 20.4 Å². The average molecular weight is 284 g/mol. The lowest BCUT2D eigenvalue weighted by molar-refractivity contribution is -0.140. The number of hydrogen-bond acceptors (Lipinski definition) is 3. The van der Waals surface area contributed by atoms with E-state index in [1.807, 2.05) is 19.1 Å². The fourth-order valence-corrected chi connectivity index (χ4v) is 4.22. The summed E-state index contributed by atoms with van der Waals surface area (Å²) >= 11 is 0. The van der Waals surface area contributed by atoms with Crippen LogP contribution in [0.3, 0.4) is 0 Å². The van der Waals surface area contributed by atoms with Gasteiger partial charge >= 0.3 is 5.97 Å². The van der Waals surface area contributed by atoms with Crippen LogP contribution in [-0.4, -0.2) is 24.2 Å². The summed E-state index contributed by atoms with van der Waals surface area (Å²) in [6.07, 6.45) is 0.153. The highest BCUT2D eigenvalue weighted by molar-refractivity contribution is 7.92. The number of benzene rings is 1. The Balaban J connectivity index is 3.15. The van der Waals surface area contributed by atoms with Gasteiger partial charge in [-0.1, -0.05) is 43.7 Å². The fraction of sp³-hybridized carbons (Fsp3) is 0.500. The van der Waals surface area contributed by atoms with E-state index in [0.29, 0.717) is 5.56 Å². The zero-order valence-electron chi connectivity index (χ0n) is 11.5. The summed E-state index contributed by atoms with van der Waals surface area (Å²) in [5, 5.41) is 9.30. The van der Waals surface area contributed by atoms with E-state index in [1.54, 1.807) is 26.0 Å². The smallest absolute Gasteiger partial charge is 0.325 e. The number of carboxylic acid groups (broad SMARTS) is 1. The maximum atomic E-state index is 12.4. The Morgan fingerprint density at radius 3 is 2.00 bits per heavy atom. The molecule has 0 aromatic heterocycles. The second kappa shape index (κ2) is 5.74. The molecule has 0 radical (unpaired) electrons. The van der Waals surface area contributed by atoms with Crippen LogP contribution >= 0.6 is 0 Å². The van der Waals surface area contributed by atoms with E-state index in [0.717, 1.165) is 5.56 Å². The number of aryl methyl sites for hydroxylation is 1. The van der Waals surface area contributed by atoms with E-state index >= 15 is 0 Å². The Hall–Kier alpha value is -1.36. The number of aliphatic carboxylic acids is 1. The molecule has 1 N–H and O–H groups in total. The number of hydrogen-bond donors (Lipinski definition) is 1. The first-order valence-corrected chi connectivity index (χ1v) is 7.95. The summed E-state index contributed by atoms with van der Waals surface area (Å²) in [7, 11) is -3.75. The predicted octanol–water partition coefficient (Wildman–Crippen LogP) is 2.55. The predicted molar refractivity (Wildman–Crippen MR) is 74.8 cm³/mol. The van der Waals surface area contributed by atoms with Gasteiger partial charge in [-0.05, 0) is 25.3 Å². The molecule has 0 spiro atoms. The van der Waals surface area contributed by atoms with E-state index in [1.165, 1.54) is 0 Å². The summed E-state index contributed by atoms with van der Waals surface area (Å²) < 4.78 is 23.2. The van der Waals surface area contributed by atoms with Gasteiger partial charge in [0.2, 0.25) is 0 Å². The van der Waals surface area contributed by atoms with Gasteiger partial charge in [0, 0.05) is 0 Å². The summed E-state index contributed by atoms with van der Waals surface area (Å²) in [5.41, 5.74) is 1.66. The van der Waals surface area contributed by atoms with Crippen LogP contribution in [0.4, 0.5) is 0 Å². The SMILES string of the molecule is CCC(CC)(C(=O)O)S(=O)(=O)Cc1ccc(C)cc1. The molecule has 0 fully saturated rings. The number of sulfone groups is 1. The second-order valence-corrected chi connectivity index (χ2v) is 7.05. The van der Waals surface area contributed by atoms with Crippen LogP contribution in [0.2, 0.25) is 0 Å². The molecule has 1 aromatic carbocycles. The van der Waals surface area contributed by atoms with E-state index < -0.39 is 20.6 Å². The molecular formula is C14H20O4S. The lowest BCUT2D eigenvalue weighted by Crippen LogP contribution is -2.46. The van der Waals surface area contributed by atoms with Gasteiger partial charge in [-0.25, -0.2) is 8.42 Å². The average Bonchev–Trinajstić information content (AvgIpc) is 2.33. The van der Waals surface area contributed by atoms with Gasteiger partial charge in [0.05, 0.1) is 5.75 Å². The minimum atomic E-state index is -3.75. The van der Waals surface area contributed by atoms with Gasteiger partial charge in [-0.3, -0.25) is 4.79 Å². The third-order valence-corrected chi connectivity index (χ3v) is 6.26. The summed E-state index contributed by atoms with van der Waals surface area (Å²) in [5.74, 6) is -1.49. The van der Waals surface area contributed by atoms with Gasteiger partial charge in [0.25, 0.3) is 0 Å². The molecule has 4 nitrogen and oxygen atoms in total. The number of carbonyl (C=O) groups is 1. The molecule has 0 heterocycles. The molecule has 19 heavy (non-hydrogen) atoms. The fourth-order valence-electron chi connectivity index (χ4n) is 2.17. The molecule has 0 unspecified atom stereocenters. The van der Waals surface area contributed by atoms with E-state index in [2.05, 4.69) is 0 Å². The first-order chi connectivity index (χ1) is 8.79. The van der Waals surface area contributed by atoms with Gasteiger partial charge < -0.3 is 5.11 Å². The molecule has 0 aliphatic carbocycles. The highest BCUT2D eigenvalue weighted by Gasteiger charge is 2.47. The molecule has 1 aromatic rings. The van der Waals surface area contributed by atoms with Crippen molar-refractivity contribution >= 4 is 15.8 Å². The minimum absolute atomic E-state index is 0.0764. The molecule has 1 rings (SSSR count). The van der Waals surface area contributed by atoms with Crippen molar-refractivity contribution in [1.29, 1.82) is 0 Å². The molecule has 5 heteroatoms. The van der Waals surface area contributed by atoms with E-state index in [9.17, 15) is 18.3 Å². The maximum Gasteiger partial charge on any atom is 0.325 e. The number of carboxylic acids is 1. The van der Waals surface area contributed by atoms with E-state index in [4.69, 9.17) is 0 Å². The number of rotatable bonds is 6. The van der Waals surface area contributed by atoms with Crippen molar-refractivity contribution in [1.82, 2.24) is 0 Å². The first-order valence-electron chi connectivity index (χ1n) is 6.30. The lowest BCUT2D eigenvalue weighted by atomic mass is 10.0. The van der Waals surface area contributed by atoms with Gasteiger partial charge in [-0.2, -0.15) is 0 Å². The molecule has 106 valence electrons.